The third-order valence-corrected chi connectivity index (χ3v) is 7.22. The zero-order valence-corrected chi connectivity index (χ0v) is 22.3. The number of rotatable bonds is 5. The summed E-state index contributed by atoms with van der Waals surface area (Å²) in [5.41, 5.74) is 2.65. The molecule has 192 valence electrons. The molecule has 0 radical (unpaired) electrons. The number of aromatic nitrogens is 4. The van der Waals surface area contributed by atoms with Crippen molar-refractivity contribution in [2.75, 3.05) is 0 Å². The Labute approximate surface area is 222 Å². The quantitative estimate of drug-likeness (QED) is 0.308. The third-order valence-electron chi connectivity index (χ3n) is 6.04. The first-order chi connectivity index (χ1) is 18.2. The number of aryl methyl sites for hydroxylation is 1. The summed E-state index contributed by atoms with van der Waals surface area (Å²) < 4.78 is 8.24. The van der Waals surface area contributed by atoms with E-state index in [-0.39, 0.29) is 12.1 Å². The highest BCUT2D eigenvalue weighted by Gasteiger charge is 2.22. The van der Waals surface area contributed by atoms with E-state index in [1.807, 2.05) is 48.0 Å². The van der Waals surface area contributed by atoms with Crippen LogP contribution in [0, 0.1) is 11.3 Å². The summed E-state index contributed by atoms with van der Waals surface area (Å²) >= 11 is 1.56. The molecule has 0 aliphatic rings. The second kappa shape index (κ2) is 9.76. The van der Waals surface area contributed by atoms with Crippen molar-refractivity contribution in [2.24, 2.45) is 0 Å². The van der Waals surface area contributed by atoms with Gasteiger partial charge in [-0.2, -0.15) is 15.5 Å². The van der Waals surface area contributed by atoms with Gasteiger partial charge in [-0.05, 0) is 51.5 Å². The van der Waals surface area contributed by atoms with Gasteiger partial charge in [0.15, 0.2) is 0 Å². The Bertz CT molecular complexity index is 1780. The van der Waals surface area contributed by atoms with E-state index >= 15 is 0 Å². The van der Waals surface area contributed by atoms with Crippen LogP contribution in [0.2, 0.25) is 0 Å². The number of ether oxygens (including phenoxy) is 1. The maximum Gasteiger partial charge on any atom is 0.407 e. The number of carbonyl (C=O) groups is 1. The van der Waals surface area contributed by atoms with Crippen molar-refractivity contribution in [1.29, 1.82) is 5.26 Å². The minimum atomic E-state index is -0.636. The first-order valence-corrected chi connectivity index (χ1v) is 13.0. The lowest BCUT2D eigenvalue weighted by molar-refractivity contribution is 0.0523. The highest BCUT2D eigenvalue weighted by Crippen LogP contribution is 2.42. The summed E-state index contributed by atoms with van der Waals surface area (Å²) in [7, 11) is 0. The number of thiophene rings is 1. The van der Waals surface area contributed by atoms with Crippen molar-refractivity contribution in [1.82, 2.24) is 25.3 Å². The van der Waals surface area contributed by atoms with Crippen molar-refractivity contribution < 1.29 is 9.53 Å². The molecule has 0 bridgehead atoms. The molecule has 0 saturated heterocycles. The van der Waals surface area contributed by atoms with Gasteiger partial charge in [-0.15, -0.1) is 11.3 Å². The zero-order chi connectivity index (χ0) is 27.0. The van der Waals surface area contributed by atoms with Gasteiger partial charge in [0.1, 0.15) is 11.7 Å². The Balaban J connectivity index is 1.62. The average Bonchev–Trinajstić information content (AvgIpc) is 3.48. The second-order valence-corrected chi connectivity index (χ2v) is 10.8. The molecular weight excluding hydrogens is 500 g/mol. The molecule has 2 N–H and O–H groups in total. The number of fused-ring (bicyclic) bond motifs is 2. The summed E-state index contributed by atoms with van der Waals surface area (Å²) in [5.74, 6) is 0. The van der Waals surface area contributed by atoms with E-state index in [9.17, 15) is 14.9 Å². The Morgan fingerprint density at radius 1 is 1.18 bits per heavy atom. The molecular formula is C28H26N6O3S. The molecule has 0 fully saturated rings. The zero-order valence-electron chi connectivity index (χ0n) is 21.5. The molecule has 10 heteroatoms. The lowest BCUT2D eigenvalue weighted by Crippen LogP contribution is -2.32. The lowest BCUT2D eigenvalue weighted by Gasteiger charge is -2.19. The fraction of sp³-hybridized carbons (Fsp3) is 0.250. The predicted molar refractivity (Wildman–Crippen MR) is 148 cm³/mol. The van der Waals surface area contributed by atoms with E-state index < -0.39 is 11.7 Å². The van der Waals surface area contributed by atoms with Crippen LogP contribution in [0.4, 0.5) is 4.79 Å². The normalized spacial score (nSPS) is 11.6. The molecule has 0 spiro atoms. The van der Waals surface area contributed by atoms with Crippen LogP contribution in [0.5, 0.6) is 0 Å². The van der Waals surface area contributed by atoms with Gasteiger partial charge in [-0.3, -0.25) is 9.48 Å². The number of carbonyl (C=O) groups excluding carboxylic acids is 1. The summed E-state index contributed by atoms with van der Waals surface area (Å²) in [4.78, 5) is 25.6. The number of nitrogens with zero attached hydrogens (tertiary/aromatic N) is 4. The fourth-order valence-electron chi connectivity index (χ4n) is 4.39. The van der Waals surface area contributed by atoms with E-state index in [1.165, 1.54) is 0 Å². The van der Waals surface area contributed by atoms with Gasteiger partial charge in [0.25, 0.3) is 5.56 Å². The number of aromatic amines is 1. The number of amides is 1. The van der Waals surface area contributed by atoms with Crippen LogP contribution in [0.1, 0.15) is 39.0 Å². The third kappa shape index (κ3) is 4.64. The highest BCUT2D eigenvalue weighted by molar-refractivity contribution is 7.22. The first kappa shape index (κ1) is 25.2. The molecule has 0 unspecified atom stereocenters. The molecule has 3 heterocycles. The van der Waals surface area contributed by atoms with Crippen molar-refractivity contribution in [2.45, 2.75) is 46.4 Å². The molecule has 5 rings (SSSR count). The Kier molecular flexibility index (Phi) is 6.46. The number of alkyl carbamates (subject to hydrolysis) is 1. The smallest absolute Gasteiger partial charge is 0.407 e. The summed E-state index contributed by atoms with van der Waals surface area (Å²) in [6, 6.07) is 15.7. The molecule has 38 heavy (non-hydrogen) atoms. The summed E-state index contributed by atoms with van der Waals surface area (Å²) in [6.45, 7) is 8.05. The number of nitriles is 1. The van der Waals surface area contributed by atoms with Crippen molar-refractivity contribution in [3.63, 3.8) is 0 Å². The van der Waals surface area contributed by atoms with E-state index in [0.29, 0.717) is 28.6 Å². The fourth-order valence-corrected chi connectivity index (χ4v) is 5.61. The van der Waals surface area contributed by atoms with Crippen molar-refractivity contribution in [3.05, 3.63) is 70.3 Å². The maximum absolute atomic E-state index is 12.5. The predicted octanol–water partition coefficient (Wildman–Crippen LogP) is 5.58. The minimum absolute atomic E-state index is 0.0711. The Morgan fingerprint density at radius 2 is 1.97 bits per heavy atom. The van der Waals surface area contributed by atoms with Crippen molar-refractivity contribution >= 4 is 38.3 Å². The molecule has 2 aromatic carbocycles. The Hall–Kier alpha value is -4.49. The minimum Gasteiger partial charge on any atom is -0.444 e. The van der Waals surface area contributed by atoms with Crippen LogP contribution in [-0.4, -0.2) is 31.7 Å². The SMILES string of the molecule is CCn1ncc(-c2ccc3c(=O)[nH]nc(CNC(=O)OC(C)(C)C)c3c2)c1-c1sc2ccccc2c1C#N. The van der Waals surface area contributed by atoms with E-state index in [2.05, 4.69) is 26.7 Å². The molecule has 0 aliphatic heterocycles. The van der Waals surface area contributed by atoms with Gasteiger partial charge in [0.2, 0.25) is 0 Å². The van der Waals surface area contributed by atoms with Gasteiger partial charge in [0.05, 0.1) is 40.0 Å². The number of hydrogen-bond acceptors (Lipinski definition) is 7. The van der Waals surface area contributed by atoms with Crippen LogP contribution in [0.3, 0.4) is 0 Å². The lowest BCUT2D eigenvalue weighted by atomic mass is 9.99. The van der Waals surface area contributed by atoms with E-state index in [1.54, 1.807) is 44.4 Å². The number of benzene rings is 2. The molecule has 9 nitrogen and oxygen atoms in total. The summed E-state index contributed by atoms with van der Waals surface area (Å²) in [5, 5.41) is 26.0. The highest BCUT2D eigenvalue weighted by atomic mass is 32.1. The largest absolute Gasteiger partial charge is 0.444 e. The van der Waals surface area contributed by atoms with Gasteiger partial charge in [-0.1, -0.05) is 24.3 Å². The number of nitrogens with one attached hydrogen (secondary N) is 2. The van der Waals surface area contributed by atoms with Crippen LogP contribution < -0.4 is 10.9 Å². The van der Waals surface area contributed by atoms with Crippen LogP contribution in [0.15, 0.2) is 53.5 Å². The van der Waals surface area contributed by atoms with Gasteiger partial charge in [0, 0.05) is 27.6 Å². The van der Waals surface area contributed by atoms with Gasteiger partial charge in [-0.25, -0.2) is 9.89 Å². The van der Waals surface area contributed by atoms with E-state index in [4.69, 9.17) is 4.74 Å². The first-order valence-electron chi connectivity index (χ1n) is 12.2. The van der Waals surface area contributed by atoms with Gasteiger partial charge < -0.3 is 10.1 Å². The van der Waals surface area contributed by atoms with Crippen LogP contribution in [0.25, 0.3) is 42.6 Å². The van der Waals surface area contributed by atoms with Crippen LogP contribution in [-0.2, 0) is 17.8 Å². The molecule has 0 aliphatic carbocycles. The molecule has 1 amide bonds. The molecule has 5 aromatic rings. The van der Waals surface area contributed by atoms with Crippen LogP contribution >= 0.6 is 11.3 Å². The summed E-state index contributed by atoms with van der Waals surface area (Å²) in [6.07, 6.45) is 1.21. The standard InChI is InChI=1S/C28H26N6O3S/c1-5-34-24(25-20(13-29)17-8-6-7-9-23(17)38-25)21(14-31-34)16-10-11-18-19(12-16)22(32-33-26(18)35)15-30-27(36)37-28(2,3)4/h6-12,14H,5,15H2,1-4H3,(H,30,36)(H,33,35). The molecule has 0 saturated carbocycles. The second-order valence-electron chi connectivity index (χ2n) is 9.75. The topological polar surface area (TPSA) is 126 Å². The maximum atomic E-state index is 12.5. The number of H-pyrrole nitrogens is 1. The van der Waals surface area contributed by atoms with Crippen molar-refractivity contribution in [3.8, 4) is 27.8 Å². The monoisotopic (exact) mass is 526 g/mol. The van der Waals surface area contributed by atoms with Gasteiger partial charge >= 0.3 is 6.09 Å². The number of hydrogen-bond donors (Lipinski definition) is 2. The molecule has 3 aromatic heterocycles. The molecule has 0 atom stereocenters. The Morgan fingerprint density at radius 3 is 2.71 bits per heavy atom. The van der Waals surface area contributed by atoms with E-state index in [0.717, 1.165) is 31.8 Å². The average molecular weight is 527 g/mol.